The second-order valence-corrected chi connectivity index (χ2v) is 10.7. The standard InChI is InChI=1S/C22H33N5O4S/c28-21(23-19-7-9-20(10-8-19)27-13-5-6-22(27)29)18-24-14-16-26(17-15-24)32(30,31)25-11-3-1-2-4-12-25/h7-10H,1-6,11-18H2,(H,23,28). The van der Waals surface area contributed by atoms with Crippen molar-refractivity contribution in [1.29, 1.82) is 0 Å². The summed E-state index contributed by atoms with van der Waals surface area (Å²) in [6, 6.07) is 7.33. The quantitative estimate of drug-likeness (QED) is 0.690. The first-order valence-electron chi connectivity index (χ1n) is 11.6. The van der Waals surface area contributed by atoms with Gasteiger partial charge in [0.25, 0.3) is 10.2 Å². The third-order valence-electron chi connectivity index (χ3n) is 6.45. The fourth-order valence-corrected chi connectivity index (χ4v) is 6.27. The predicted octanol–water partition coefficient (Wildman–Crippen LogP) is 1.49. The number of nitrogens with one attached hydrogen (secondary N) is 1. The van der Waals surface area contributed by atoms with Crippen molar-refractivity contribution in [3.05, 3.63) is 24.3 Å². The molecule has 0 aliphatic carbocycles. The Morgan fingerprint density at radius 1 is 0.812 bits per heavy atom. The molecular formula is C22H33N5O4S. The molecule has 2 amide bonds. The van der Waals surface area contributed by atoms with Crippen LogP contribution >= 0.6 is 0 Å². The lowest BCUT2D eigenvalue weighted by Gasteiger charge is -2.36. The Hall–Kier alpha value is -2.01. The van der Waals surface area contributed by atoms with Gasteiger partial charge in [0.2, 0.25) is 11.8 Å². The van der Waals surface area contributed by atoms with E-state index in [9.17, 15) is 18.0 Å². The van der Waals surface area contributed by atoms with E-state index in [-0.39, 0.29) is 18.4 Å². The largest absolute Gasteiger partial charge is 0.325 e. The molecule has 1 aromatic rings. The number of carbonyl (C=O) groups excluding carboxylic acids is 2. The van der Waals surface area contributed by atoms with Crippen molar-refractivity contribution in [3.8, 4) is 0 Å². The van der Waals surface area contributed by atoms with Crippen molar-refractivity contribution in [1.82, 2.24) is 13.5 Å². The minimum Gasteiger partial charge on any atom is -0.325 e. The van der Waals surface area contributed by atoms with Crippen LogP contribution in [0.25, 0.3) is 0 Å². The van der Waals surface area contributed by atoms with Crippen molar-refractivity contribution in [3.63, 3.8) is 0 Å². The highest BCUT2D eigenvalue weighted by Gasteiger charge is 2.32. The fraction of sp³-hybridized carbons (Fsp3) is 0.636. The maximum atomic E-state index is 12.9. The Balaban J connectivity index is 1.24. The first-order chi connectivity index (χ1) is 15.4. The van der Waals surface area contributed by atoms with E-state index in [2.05, 4.69) is 5.32 Å². The molecular weight excluding hydrogens is 430 g/mol. The van der Waals surface area contributed by atoms with Gasteiger partial charge in [-0.05, 0) is 43.5 Å². The third kappa shape index (κ3) is 5.48. The van der Waals surface area contributed by atoms with Gasteiger partial charge in [0.1, 0.15) is 0 Å². The van der Waals surface area contributed by atoms with Crippen molar-refractivity contribution < 1.29 is 18.0 Å². The van der Waals surface area contributed by atoms with Crippen molar-refractivity contribution in [2.75, 3.05) is 62.6 Å². The lowest BCUT2D eigenvalue weighted by Crippen LogP contribution is -2.54. The molecule has 3 aliphatic heterocycles. The molecule has 0 aromatic heterocycles. The zero-order valence-electron chi connectivity index (χ0n) is 18.5. The Morgan fingerprint density at radius 3 is 2.03 bits per heavy atom. The lowest BCUT2D eigenvalue weighted by atomic mass is 10.2. The summed E-state index contributed by atoms with van der Waals surface area (Å²) in [7, 11) is -3.41. The molecule has 3 aliphatic rings. The number of hydrogen-bond donors (Lipinski definition) is 1. The van der Waals surface area contributed by atoms with Crippen molar-refractivity contribution in [2.45, 2.75) is 38.5 Å². The normalized spacial score (nSPS) is 22.1. The first-order valence-corrected chi connectivity index (χ1v) is 13.0. The Bertz CT molecular complexity index is 905. The zero-order chi connectivity index (χ0) is 22.6. The molecule has 0 bridgehead atoms. The van der Waals surface area contributed by atoms with E-state index >= 15 is 0 Å². The van der Waals surface area contributed by atoms with E-state index in [0.717, 1.165) is 44.3 Å². The molecule has 10 heteroatoms. The highest BCUT2D eigenvalue weighted by Crippen LogP contribution is 2.23. The van der Waals surface area contributed by atoms with Gasteiger partial charge in [-0.3, -0.25) is 14.5 Å². The van der Waals surface area contributed by atoms with E-state index in [1.807, 2.05) is 29.2 Å². The van der Waals surface area contributed by atoms with Gasteiger partial charge >= 0.3 is 0 Å². The molecule has 3 fully saturated rings. The molecule has 0 saturated carbocycles. The average molecular weight is 464 g/mol. The van der Waals surface area contributed by atoms with Gasteiger partial charge in [-0.1, -0.05) is 12.8 Å². The van der Waals surface area contributed by atoms with Gasteiger partial charge in [-0.15, -0.1) is 0 Å². The Labute approximate surface area is 190 Å². The minimum atomic E-state index is -3.41. The summed E-state index contributed by atoms with van der Waals surface area (Å²) in [5.74, 6) is 0.0117. The van der Waals surface area contributed by atoms with Crippen LogP contribution in [-0.4, -0.2) is 86.1 Å². The molecule has 32 heavy (non-hydrogen) atoms. The van der Waals surface area contributed by atoms with Gasteiger partial charge in [-0.2, -0.15) is 17.0 Å². The predicted molar refractivity (Wildman–Crippen MR) is 124 cm³/mol. The van der Waals surface area contributed by atoms with Crippen LogP contribution in [0.3, 0.4) is 0 Å². The number of amides is 2. The summed E-state index contributed by atoms with van der Waals surface area (Å²) < 4.78 is 29.1. The number of nitrogens with zero attached hydrogens (tertiary/aromatic N) is 4. The van der Waals surface area contributed by atoms with Gasteiger partial charge in [0.15, 0.2) is 0 Å². The van der Waals surface area contributed by atoms with Gasteiger partial charge < -0.3 is 10.2 Å². The van der Waals surface area contributed by atoms with E-state index in [4.69, 9.17) is 0 Å². The minimum absolute atomic E-state index is 0.126. The average Bonchev–Trinajstić information content (AvgIpc) is 3.03. The second kappa shape index (κ2) is 10.3. The number of anilines is 2. The van der Waals surface area contributed by atoms with Crippen LogP contribution in [0, 0.1) is 0 Å². The molecule has 176 valence electrons. The number of benzene rings is 1. The van der Waals surface area contributed by atoms with E-state index in [1.165, 1.54) is 0 Å². The fourth-order valence-electron chi connectivity index (χ4n) is 4.60. The molecule has 3 saturated heterocycles. The maximum Gasteiger partial charge on any atom is 0.282 e. The zero-order valence-corrected chi connectivity index (χ0v) is 19.4. The highest BCUT2D eigenvalue weighted by atomic mass is 32.2. The summed E-state index contributed by atoms with van der Waals surface area (Å²) in [4.78, 5) is 28.1. The topological polar surface area (TPSA) is 93.3 Å². The van der Waals surface area contributed by atoms with Crippen LogP contribution in [0.4, 0.5) is 11.4 Å². The van der Waals surface area contributed by atoms with Crippen LogP contribution in [-0.2, 0) is 19.8 Å². The van der Waals surface area contributed by atoms with Crippen molar-refractivity contribution >= 4 is 33.4 Å². The Kier molecular flexibility index (Phi) is 7.44. The number of hydrogen-bond acceptors (Lipinski definition) is 5. The molecule has 0 spiro atoms. The first kappa shape index (κ1) is 23.2. The van der Waals surface area contributed by atoms with Crippen LogP contribution < -0.4 is 10.2 Å². The maximum absolute atomic E-state index is 12.9. The summed E-state index contributed by atoms with van der Waals surface area (Å²) in [5, 5.41) is 2.89. The van der Waals surface area contributed by atoms with Crippen LogP contribution in [0.2, 0.25) is 0 Å². The molecule has 3 heterocycles. The highest BCUT2D eigenvalue weighted by molar-refractivity contribution is 7.86. The molecule has 0 unspecified atom stereocenters. The van der Waals surface area contributed by atoms with E-state index in [0.29, 0.717) is 51.4 Å². The summed E-state index contributed by atoms with van der Waals surface area (Å²) in [6.07, 6.45) is 5.50. The monoisotopic (exact) mass is 463 g/mol. The molecule has 0 radical (unpaired) electrons. The second-order valence-electron chi connectivity index (χ2n) is 8.74. The smallest absolute Gasteiger partial charge is 0.282 e. The van der Waals surface area contributed by atoms with Gasteiger partial charge in [-0.25, -0.2) is 0 Å². The SMILES string of the molecule is O=C(CN1CCN(S(=O)(=O)N2CCCCCC2)CC1)Nc1ccc(N2CCCC2=O)cc1. The molecule has 1 aromatic carbocycles. The Morgan fingerprint density at radius 2 is 1.44 bits per heavy atom. The van der Waals surface area contributed by atoms with E-state index in [1.54, 1.807) is 13.5 Å². The number of carbonyl (C=O) groups is 2. The summed E-state index contributed by atoms with van der Waals surface area (Å²) >= 11 is 0. The lowest BCUT2D eigenvalue weighted by molar-refractivity contribution is -0.118. The van der Waals surface area contributed by atoms with Gasteiger partial charge in [0, 0.05) is 63.6 Å². The van der Waals surface area contributed by atoms with Gasteiger partial charge in [0.05, 0.1) is 6.54 Å². The number of rotatable bonds is 6. The summed E-state index contributed by atoms with van der Waals surface area (Å²) in [6.45, 7) is 4.07. The third-order valence-corrected chi connectivity index (χ3v) is 8.49. The van der Waals surface area contributed by atoms with Crippen LogP contribution in [0.1, 0.15) is 38.5 Å². The summed E-state index contributed by atoms with van der Waals surface area (Å²) in [5.41, 5.74) is 1.54. The van der Waals surface area contributed by atoms with Crippen LogP contribution in [0.15, 0.2) is 24.3 Å². The number of piperazine rings is 1. The molecule has 0 atom stereocenters. The van der Waals surface area contributed by atoms with E-state index < -0.39 is 10.2 Å². The molecule has 4 rings (SSSR count). The molecule has 1 N–H and O–H groups in total. The van der Waals surface area contributed by atoms with Crippen molar-refractivity contribution in [2.24, 2.45) is 0 Å². The van der Waals surface area contributed by atoms with Crippen LogP contribution in [0.5, 0.6) is 0 Å². The molecule has 9 nitrogen and oxygen atoms in total.